The summed E-state index contributed by atoms with van der Waals surface area (Å²) in [4.78, 5) is 39.7. The summed E-state index contributed by atoms with van der Waals surface area (Å²) in [5.74, 6) is -1.63. The SMILES string of the molecule is CCOC(=O)c1c(C)c(C(=O)N(C)C)n(Cc2ccccc2)c1C(=O)OCC. The van der Waals surface area contributed by atoms with E-state index in [0.717, 1.165) is 5.56 Å². The first-order chi connectivity index (χ1) is 13.3. The average Bonchev–Trinajstić information content (AvgIpc) is 2.94. The third-order valence-electron chi connectivity index (χ3n) is 4.25. The van der Waals surface area contributed by atoms with Crippen molar-refractivity contribution in [1.29, 1.82) is 0 Å². The van der Waals surface area contributed by atoms with Crippen LogP contribution in [0.15, 0.2) is 30.3 Å². The van der Waals surface area contributed by atoms with Gasteiger partial charge < -0.3 is 18.9 Å². The Hall–Kier alpha value is -3.09. The van der Waals surface area contributed by atoms with E-state index in [-0.39, 0.29) is 42.6 Å². The molecule has 1 aromatic carbocycles. The van der Waals surface area contributed by atoms with Gasteiger partial charge in [-0.05, 0) is 31.9 Å². The van der Waals surface area contributed by atoms with Gasteiger partial charge in [-0.3, -0.25) is 4.79 Å². The van der Waals surface area contributed by atoms with Crippen LogP contribution in [0.4, 0.5) is 0 Å². The molecular formula is C21H26N2O5. The monoisotopic (exact) mass is 386 g/mol. The largest absolute Gasteiger partial charge is 0.462 e. The Morgan fingerprint density at radius 1 is 0.929 bits per heavy atom. The highest BCUT2D eigenvalue weighted by Gasteiger charge is 2.34. The summed E-state index contributed by atoms with van der Waals surface area (Å²) in [6.45, 7) is 5.56. The zero-order valence-corrected chi connectivity index (χ0v) is 16.9. The van der Waals surface area contributed by atoms with Crippen molar-refractivity contribution in [3.8, 4) is 0 Å². The smallest absolute Gasteiger partial charge is 0.355 e. The number of amides is 1. The van der Waals surface area contributed by atoms with Crippen LogP contribution in [0.5, 0.6) is 0 Å². The number of aromatic nitrogens is 1. The fraction of sp³-hybridized carbons (Fsp3) is 0.381. The third kappa shape index (κ3) is 4.24. The number of benzene rings is 1. The van der Waals surface area contributed by atoms with E-state index in [1.165, 1.54) is 4.90 Å². The molecule has 0 saturated carbocycles. The van der Waals surface area contributed by atoms with Gasteiger partial charge in [-0.1, -0.05) is 30.3 Å². The fourth-order valence-electron chi connectivity index (χ4n) is 3.02. The Morgan fingerprint density at radius 3 is 2.04 bits per heavy atom. The van der Waals surface area contributed by atoms with Crippen LogP contribution in [0.2, 0.25) is 0 Å². The van der Waals surface area contributed by atoms with E-state index in [4.69, 9.17) is 9.47 Å². The third-order valence-corrected chi connectivity index (χ3v) is 4.25. The Bertz CT molecular complexity index is 869. The van der Waals surface area contributed by atoms with Crippen LogP contribution in [0.3, 0.4) is 0 Å². The van der Waals surface area contributed by atoms with Crippen LogP contribution in [-0.2, 0) is 16.0 Å². The van der Waals surface area contributed by atoms with Gasteiger partial charge in [-0.2, -0.15) is 0 Å². The van der Waals surface area contributed by atoms with Gasteiger partial charge in [0.05, 0.1) is 18.8 Å². The molecule has 0 fully saturated rings. The summed E-state index contributed by atoms with van der Waals surface area (Å²) in [6, 6.07) is 9.40. The first-order valence-corrected chi connectivity index (χ1v) is 9.16. The lowest BCUT2D eigenvalue weighted by Crippen LogP contribution is -2.27. The number of hydrogen-bond acceptors (Lipinski definition) is 5. The highest BCUT2D eigenvalue weighted by molar-refractivity contribution is 6.08. The highest BCUT2D eigenvalue weighted by Crippen LogP contribution is 2.27. The molecule has 7 heteroatoms. The van der Waals surface area contributed by atoms with E-state index in [0.29, 0.717) is 5.56 Å². The molecule has 150 valence electrons. The number of hydrogen-bond donors (Lipinski definition) is 0. The second kappa shape index (κ2) is 9.21. The van der Waals surface area contributed by atoms with Gasteiger partial charge in [-0.15, -0.1) is 0 Å². The summed E-state index contributed by atoms with van der Waals surface area (Å²) in [5, 5.41) is 0. The molecule has 0 unspecified atom stereocenters. The molecule has 0 aliphatic rings. The normalized spacial score (nSPS) is 10.5. The van der Waals surface area contributed by atoms with E-state index in [1.807, 2.05) is 30.3 Å². The lowest BCUT2D eigenvalue weighted by Gasteiger charge is -2.16. The number of ether oxygens (including phenoxy) is 2. The van der Waals surface area contributed by atoms with Crippen molar-refractivity contribution >= 4 is 17.8 Å². The van der Waals surface area contributed by atoms with Crippen LogP contribution in [0.25, 0.3) is 0 Å². The van der Waals surface area contributed by atoms with Gasteiger partial charge in [0.1, 0.15) is 11.4 Å². The Morgan fingerprint density at radius 2 is 1.50 bits per heavy atom. The molecule has 0 radical (unpaired) electrons. The Labute approximate surface area is 164 Å². The predicted octanol–water partition coefficient (Wildman–Crippen LogP) is 2.90. The average molecular weight is 386 g/mol. The lowest BCUT2D eigenvalue weighted by molar-refractivity contribution is 0.0470. The van der Waals surface area contributed by atoms with Crippen molar-refractivity contribution in [3.63, 3.8) is 0 Å². The summed E-state index contributed by atoms with van der Waals surface area (Å²) in [5.41, 5.74) is 1.65. The van der Waals surface area contributed by atoms with Crippen molar-refractivity contribution in [1.82, 2.24) is 9.47 Å². The summed E-state index contributed by atoms with van der Waals surface area (Å²) in [7, 11) is 3.24. The van der Waals surface area contributed by atoms with E-state index in [2.05, 4.69) is 0 Å². The summed E-state index contributed by atoms with van der Waals surface area (Å²) < 4.78 is 11.9. The molecule has 2 aromatic rings. The van der Waals surface area contributed by atoms with Crippen molar-refractivity contribution < 1.29 is 23.9 Å². The predicted molar refractivity (Wildman–Crippen MR) is 105 cm³/mol. The van der Waals surface area contributed by atoms with Gasteiger partial charge in [0, 0.05) is 20.6 Å². The number of carbonyl (C=O) groups is 3. The standard InChI is InChI=1S/C21H26N2O5/c1-6-27-20(25)16-14(3)17(19(24)22(4)5)23(18(16)21(26)28-7-2)13-15-11-9-8-10-12-15/h8-12H,6-7,13H2,1-5H3. The minimum Gasteiger partial charge on any atom is -0.462 e. The molecule has 1 heterocycles. The summed E-state index contributed by atoms with van der Waals surface area (Å²) in [6.07, 6.45) is 0. The highest BCUT2D eigenvalue weighted by atomic mass is 16.5. The van der Waals surface area contributed by atoms with E-state index in [9.17, 15) is 14.4 Å². The van der Waals surface area contributed by atoms with Crippen LogP contribution >= 0.6 is 0 Å². The quantitative estimate of drug-likeness (QED) is 0.684. The van der Waals surface area contributed by atoms with Gasteiger partial charge in [0.2, 0.25) is 0 Å². The van der Waals surface area contributed by atoms with E-state index in [1.54, 1.807) is 39.4 Å². The number of carbonyl (C=O) groups excluding carboxylic acids is 3. The van der Waals surface area contributed by atoms with Crippen LogP contribution in [0, 0.1) is 6.92 Å². The molecule has 1 aromatic heterocycles. The van der Waals surface area contributed by atoms with Crippen LogP contribution in [-0.4, -0.2) is 54.6 Å². The van der Waals surface area contributed by atoms with Gasteiger partial charge in [0.25, 0.3) is 5.91 Å². The van der Waals surface area contributed by atoms with Crippen molar-refractivity contribution in [3.05, 3.63) is 58.4 Å². The Kier molecular flexibility index (Phi) is 6.98. The lowest BCUT2D eigenvalue weighted by atomic mass is 10.1. The van der Waals surface area contributed by atoms with Gasteiger partial charge in [0.15, 0.2) is 0 Å². The minimum absolute atomic E-state index is 0.0341. The molecule has 0 atom stereocenters. The number of esters is 2. The topological polar surface area (TPSA) is 77.8 Å². The molecule has 0 aliphatic heterocycles. The first kappa shape index (κ1) is 21.2. The molecule has 0 bridgehead atoms. The second-order valence-corrected chi connectivity index (χ2v) is 6.41. The maximum absolute atomic E-state index is 12.9. The maximum Gasteiger partial charge on any atom is 0.355 e. The minimum atomic E-state index is -0.664. The molecule has 2 rings (SSSR count). The Balaban J connectivity index is 2.78. The fourth-order valence-corrected chi connectivity index (χ4v) is 3.02. The molecule has 7 nitrogen and oxygen atoms in total. The zero-order chi connectivity index (χ0) is 20.8. The number of rotatable bonds is 7. The zero-order valence-electron chi connectivity index (χ0n) is 16.9. The van der Waals surface area contributed by atoms with E-state index < -0.39 is 11.9 Å². The maximum atomic E-state index is 12.9. The molecule has 1 amide bonds. The van der Waals surface area contributed by atoms with Crippen LogP contribution in [0.1, 0.15) is 56.3 Å². The van der Waals surface area contributed by atoms with Crippen molar-refractivity contribution in [2.75, 3.05) is 27.3 Å². The molecule has 0 N–H and O–H groups in total. The molecule has 28 heavy (non-hydrogen) atoms. The summed E-state index contributed by atoms with van der Waals surface area (Å²) >= 11 is 0. The number of nitrogens with zero attached hydrogens (tertiary/aromatic N) is 2. The first-order valence-electron chi connectivity index (χ1n) is 9.16. The molecule has 0 aliphatic carbocycles. The van der Waals surface area contributed by atoms with Crippen molar-refractivity contribution in [2.24, 2.45) is 0 Å². The van der Waals surface area contributed by atoms with Gasteiger partial charge in [-0.25, -0.2) is 9.59 Å². The molecule has 0 spiro atoms. The molecule has 0 saturated heterocycles. The molecular weight excluding hydrogens is 360 g/mol. The second-order valence-electron chi connectivity index (χ2n) is 6.41. The van der Waals surface area contributed by atoms with Crippen molar-refractivity contribution in [2.45, 2.75) is 27.3 Å². The van der Waals surface area contributed by atoms with E-state index >= 15 is 0 Å². The van der Waals surface area contributed by atoms with Gasteiger partial charge >= 0.3 is 11.9 Å². The van der Waals surface area contributed by atoms with Crippen LogP contribution < -0.4 is 0 Å².